The third-order valence-electron chi connectivity index (χ3n) is 4.05. The summed E-state index contributed by atoms with van der Waals surface area (Å²) in [6.45, 7) is 3.71. The van der Waals surface area contributed by atoms with E-state index in [4.69, 9.17) is 4.74 Å². The molecule has 3 aromatic rings. The number of fused-ring (bicyclic) bond motifs is 1. The van der Waals surface area contributed by atoms with Gasteiger partial charge in [0.05, 0.1) is 34.5 Å². The number of benzene rings is 2. The minimum atomic E-state index is -0.527. The van der Waals surface area contributed by atoms with Crippen molar-refractivity contribution in [1.82, 2.24) is 4.98 Å². The number of carbonyl (C=O) groups excluding carboxylic acids is 1. The highest BCUT2D eigenvalue weighted by molar-refractivity contribution is 6.07. The van der Waals surface area contributed by atoms with E-state index in [1.54, 1.807) is 13.0 Å². The highest BCUT2D eigenvalue weighted by Crippen LogP contribution is 2.29. The molecular weight excluding hydrogens is 334 g/mol. The Labute approximate surface area is 149 Å². The number of non-ortho nitro benzene ring substituents is 1. The molecule has 1 N–H and O–H groups in total. The normalized spacial score (nSPS) is 10.6. The van der Waals surface area contributed by atoms with Gasteiger partial charge in [0.15, 0.2) is 0 Å². The molecule has 0 atom stereocenters. The number of nitrogens with zero attached hydrogens (tertiary/aromatic N) is 2. The lowest BCUT2D eigenvalue weighted by atomic mass is 10.1. The van der Waals surface area contributed by atoms with Gasteiger partial charge in [0.1, 0.15) is 5.75 Å². The lowest BCUT2D eigenvalue weighted by molar-refractivity contribution is -0.384. The van der Waals surface area contributed by atoms with Crippen molar-refractivity contribution in [2.75, 3.05) is 12.4 Å². The Morgan fingerprint density at radius 3 is 2.62 bits per heavy atom. The number of pyridine rings is 1. The topological polar surface area (TPSA) is 94.4 Å². The van der Waals surface area contributed by atoms with E-state index in [9.17, 15) is 14.9 Å². The van der Waals surface area contributed by atoms with Crippen molar-refractivity contribution in [3.8, 4) is 5.75 Å². The zero-order valence-electron chi connectivity index (χ0n) is 14.6. The first-order chi connectivity index (χ1) is 12.4. The number of carbonyl (C=O) groups is 1. The van der Waals surface area contributed by atoms with Crippen molar-refractivity contribution in [3.63, 3.8) is 0 Å². The summed E-state index contributed by atoms with van der Waals surface area (Å²) < 4.78 is 5.18. The maximum Gasteiger partial charge on any atom is 0.271 e. The molecule has 1 aromatic heterocycles. The molecule has 0 radical (unpaired) electrons. The smallest absolute Gasteiger partial charge is 0.271 e. The molecule has 0 fully saturated rings. The molecule has 132 valence electrons. The molecule has 0 aliphatic carbocycles. The molecule has 0 bridgehead atoms. The van der Waals surface area contributed by atoms with Gasteiger partial charge >= 0.3 is 0 Å². The second-order valence-electron chi connectivity index (χ2n) is 5.91. The standard InChI is InChI=1S/C19H17N3O4/c1-11-4-6-16-13(8-11)9-15(12(2)20-16)19(23)21-17-10-14(22(24)25)5-7-18(17)26-3/h4-10H,1-3H3,(H,21,23). The van der Waals surface area contributed by atoms with Crippen LogP contribution in [0.15, 0.2) is 42.5 Å². The number of nitrogens with one attached hydrogen (secondary N) is 1. The van der Waals surface area contributed by atoms with Gasteiger partial charge in [-0.15, -0.1) is 0 Å². The number of nitro benzene ring substituents is 1. The third kappa shape index (κ3) is 3.32. The molecule has 3 rings (SSSR count). The van der Waals surface area contributed by atoms with Crippen molar-refractivity contribution in [2.45, 2.75) is 13.8 Å². The van der Waals surface area contributed by atoms with Crippen LogP contribution in [0.2, 0.25) is 0 Å². The summed E-state index contributed by atoms with van der Waals surface area (Å²) in [6, 6.07) is 11.6. The number of aryl methyl sites for hydroxylation is 2. The van der Waals surface area contributed by atoms with Crippen molar-refractivity contribution in [3.05, 3.63) is 69.4 Å². The Morgan fingerprint density at radius 1 is 1.15 bits per heavy atom. The first-order valence-electron chi connectivity index (χ1n) is 7.91. The fourth-order valence-corrected chi connectivity index (χ4v) is 2.72. The molecule has 26 heavy (non-hydrogen) atoms. The molecule has 7 heteroatoms. The molecule has 0 spiro atoms. The SMILES string of the molecule is COc1ccc([N+](=O)[O-])cc1NC(=O)c1cc2cc(C)ccc2nc1C. The van der Waals surface area contributed by atoms with Gasteiger partial charge in [-0.1, -0.05) is 11.6 Å². The minimum Gasteiger partial charge on any atom is -0.495 e. The van der Waals surface area contributed by atoms with Crippen molar-refractivity contribution in [1.29, 1.82) is 0 Å². The summed E-state index contributed by atoms with van der Waals surface area (Å²) in [5, 5.41) is 14.5. The molecule has 0 saturated heterocycles. The van der Waals surface area contributed by atoms with Crippen LogP contribution in [0.5, 0.6) is 5.75 Å². The van der Waals surface area contributed by atoms with E-state index in [1.807, 2.05) is 25.1 Å². The molecule has 0 unspecified atom stereocenters. The monoisotopic (exact) mass is 351 g/mol. The maximum absolute atomic E-state index is 12.7. The molecule has 0 aliphatic rings. The summed E-state index contributed by atoms with van der Waals surface area (Å²) in [4.78, 5) is 27.7. The molecule has 0 saturated carbocycles. The largest absolute Gasteiger partial charge is 0.495 e. The summed E-state index contributed by atoms with van der Waals surface area (Å²) in [6.07, 6.45) is 0. The van der Waals surface area contributed by atoms with Gasteiger partial charge in [0.2, 0.25) is 0 Å². The van der Waals surface area contributed by atoms with Crippen LogP contribution < -0.4 is 10.1 Å². The van der Waals surface area contributed by atoms with Gasteiger partial charge in [0, 0.05) is 17.5 Å². The Balaban J connectivity index is 2.00. The van der Waals surface area contributed by atoms with E-state index in [0.29, 0.717) is 17.0 Å². The summed E-state index contributed by atoms with van der Waals surface area (Å²) in [5.41, 5.74) is 2.94. The number of aromatic nitrogens is 1. The average molecular weight is 351 g/mol. The van der Waals surface area contributed by atoms with Gasteiger partial charge in [-0.05, 0) is 38.1 Å². The number of nitro groups is 1. The van der Waals surface area contributed by atoms with Crippen LogP contribution in [0.1, 0.15) is 21.6 Å². The number of rotatable bonds is 4. The van der Waals surface area contributed by atoms with E-state index in [-0.39, 0.29) is 11.4 Å². The third-order valence-corrected chi connectivity index (χ3v) is 4.05. The fourth-order valence-electron chi connectivity index (χ4n) is 2.72. The average Bonchev–Trinajstić information content (AvgIpc) is 2.61. The maximum atomic E-state index is 12.7. The molecule has 2 aromatic carbocycles. The predicted molar refractivity (Wildman–Crippen MR) is 98.8 cm³/mol. The summed E-state index contributed by atoms with van der Waals surface area (Å²) >= 11 is 0. The van der Waals surface area contributed by atoms with Crippen molar-refractivity contribution in [2.24, 2.45) is 0 Å². The predicted octanol–water partition coefficient (Wildman–Crippen LogP) is 4.02. The zero-order chi connectivity index (χ0) is 18.8. The van der Waals surface area contributed by atoms with Crippen LogP contribution in [-0.4, -0.2) is 22.9 Å². The van der Waals surface area contributed by atoms with Crippen LogP contribution in [0.4, 0.5) is 11.4 Å². The number of anilines is 1. The van der Waals surface area contributed by atoms with E-state index < -0.39 is 10.8 Å². The Kier molecular flexibility index (Phi) is 4.53. The van der Waals surface area contributed by atoms with Crippen LogP contribution in [0.25, 0.3) is 10.9 Å². The second-order valence-corrected chi connectivity index (χ2v) is 5.91. The van der Waals surface area contributed by atoms with Crippen molar-refractivity contribution < 1.29 is 14.5 Å². The number of hydrogen-bond acceptors (Lipinski definition) is 5. The van der Waals surface area contributed by atoms with Crippen LogP contribution in [-0.2, 0) is 0 Å². The number of amides is 1. The number of methoxy groups -OCH3 is 1. The zero-order valence-corrected chi connectivity index (χ0v) is 14.6. The van der Waals surface area contributed by atoms with E-state index in [1.165, 1.54) is 25.3 Å². The van der Waals surface area contributed by atoms with Gasteiger partial charge in [0.25, 0.3) is 11.6 Å². The Morgan fingerprint density at radius 2 is 1.92 bits per heavy atom. The molecule has 1 amide bonds. The summed E-state index contributed by atoms with van der Waals surface area (Å²) in [7, 11) is 1.43. The van der Waals surface area contributed by atoms with Crippen LogP contribution in [0, 0.1) is 24.0 Å². The Hall–Kier alpha value is -3.48. The van der Waals surface area contributed by atoms with Crippen LogP contribution in [0.3, 0.4) is 0 Å². The highest BCUT2D eigenvalue weighted by Gasteiger charge is 2.17. The van der Waals surface area contributed by atoms with Crippen LogP contribution >= 0.6 is 0 Å². The second kappa shape index (κ2) is 6.79. The molecule has 0 aliphatic heterocycles. The number of hydrogen-bond donors (Lipinski definition) is 1. The lowest BCUT2D eigenvalue weighted by Gasteiger charge is -2.12. The molecule has 1 heterocycles. The Bertz CT molecular complexity index is 1030. The van der Waals surface area contributed by atoms with Gasteiger partial charge < -0.3 is 10.1 Å². The fraction of sp³-hybridized carbons (Fsp3) is 0.158. The molecule has 7 nitrogen and oxygen atoms in total. The van der Waals surface area contributed by atoms with Gasteiger partial charge in [-0.3, -0.25) is 19.9 Å². The number of ether oxygens (including phenoxy) is 1. The van der Waals surface area contributed by atoms with Gasteiger partial charge in [-0.25, -0.2) is 0 Å². The molecular formula is C19H17N3O4. The lowest BCUT2D eigenvalue weighted by Crippen LogP contribution is -2.15. The van der Waals surface area contributed by atoms with Crippen molar-refractivity contribution >= 4 is 28.2 Å². The quantitative estimate of drug-likeness (QED) is 0.566. The first kappa shape index (κ1) is 17.3. The van der Waals surface area contributed by atoms with E-state index >= 15 is 0 Å². The summed E-state index contributed by atoms with van der Waals surface area (Å²) in [5.74, 6) is -0.0663. The highest BCUT2D eigenvalue weighted by atomic mass is 16.6. The first-order valence-corrected chi connectivity index (χ1v) is 7.91. The van der Waals surface area contributed by atoms with E-state index in [0.717, 1.165) is 16.5 Å². The van der Waals surface area contributed by atoms with E-state index in [2.05, 4.69) is 10.3 Å². The minimum absolute atomic E-state index is 0.134. The van der Waals surface area contributed by atoms with Gasteiger partial charge in [-0.2, -0.15) is 0 Å².